The highest BCUT2D eigenvalue weighted by atomic mass is 16.8. The summed E-state index contributed by atoms with van der Waals surface area (Å²) in [6, 6.07) is 22.9. The summed E-state index contributed by atoms with van der Waals surface area (Å²) in [5.74, 6) is -0.442. The normalized spacial score (nSPS) is 27.5. The second-order valence-electron chi connectivity index (χ2n) is 8.31. The summed E-state index contributed by atoms with van der Waals surface area (Å²) in [5, 5.41) is 22.2. The van der Waals surface area contributed by atoms with Crippen LogP contribution in [0.2, 0.25) is 0 Å². The minimum atomic E-state index is -1.31. The number of aliphatic hydroxyl groups excluding tert-OH is 1. The number of benzene rings is 3. The van der Waals surface area contributed by atoms with Gasteiger partial charge in [-0.3, -0.25) is 10.1 Å². The molecule has 3 aromatic rings. The van der Waals surface area contributed by atoms with E-state index >= 15 is 0 Å². The van der Waals surface area contributed by atoms with E-state index in [0.717, 1.165) is 5.56 Å². The number of carbonyl (C=O) groups is 1. The van der Waals surface area contributed by atoms with Crippen molar-refractivity contribution in [3.8, 4) is 5.75 Å². The topological polar surface area (TPSA) is 127 Å². The predicted molar refractivity (Wildman–Crippen MR) is 124 cm³/mol. The Morgan fingerprint density at radius 1 is 0.944 bits per heavy atom. The summed E-state index contributed by atoms with van der Waals surface area (Å²) in [5.41, 5.74) is 0.946. The van der Waals surface area contributed by atoms with Crippen molar-refractivity contribution in [2.45, 2.75) is 37.0 Å². The molecule has 3 aromatic carbocycles. The standard InChI is InChI=1S/C26H23NO9/c28-21-22-20(15-32-25(36-22)17-9-5-2-6-10-17)34-26(33-19-13-11-18(12-14-19)27(30)31)23(21)35-24(29)16-7-3-1-4-8-16/h1-14,20-23,25-26,28H,15H2/t20-,21+,22-,23+,25+,26+/m1/s1. The summed E-state index contributed by atoms with van der Waals surface area (Å²) >= 11 is 0. The molecule has 0 radical (unpaired) electrons. The number of aliphatic hydroxyl groups is 1. The summed E-state index contributed by atoms with van der Waals surface area (Å²) in [4.78, 5) is 23.3. The molecule has 0 saturated carbocycles. The third-order valence-corrected chi connectivity index (χ3v) is 5.93. The maximum atomic E-state index is 12.8. The number of non-ortho nitro benzene ring substituents is 1. The molecule has 2 fully saturated rings. The molecular formula is C26H23NO9. The van der Waals surface area contributed by atoms with Crippen LogP contribution in [0.15, 0.2) is 84.9 Å². The van der Waals surface area contributed by atoms with E-state index < -0.39 is 47.9 Å². The predicted octanol–water partition coefficient (Wildman–Crippen LogP) is 3.40. The Morgan fingerprint density at radius 2 is 1.61 bits per heavy atom. The third kappa shape index (κ3) is 5.07. The van der Waals surface area contributed by atoms with Gasteiger partial charge in [-0.1, -0.05) is 48.5 Å². The van der Waals surface area contributed by atoms with E-state index in [0.29, 0.717) is 0 Å². The molecule has 186 valence electrons. The van der Waals surface area contributed by atoms with Crippen LogP contribution < -0.4 is 4.74 Å². The highest BCUT2D eigenvalue weighted by Gasteiger charge is 2.52. The van der Waals surface area contributed by atoms with Gasteiger partial charge in [0.1, 0.15) is 24.1 Å². The Kier molecular flexibility index (Phi) is 6.92. The van der Waals surface area contributed by atoms with Crippen LogP contribution in [0.5, 0.6) is 5.75 Å². The van der Waals surface area contributed by atoms with Crippen LogP contribution in [0.25, 0.3) is 0 Å². The summed E-state index contributed by atoms with van der Waals surface area (Å²) in [7, 11) is 0. The lowest BCUT2D eigenvalue weighted by atomic mass is 9.97. The fourth-order valence-corrected chi connectivity index (χ4v) is 4.11. The first kappa shape index (κ1) is 23.9. The first-order valence-corrected chi connectivity index (χ1v) is 11.3. The Bertz CT molecular complexity index is 1190. The van der Waals surface area contributed by atoms with Gasteiger partial charge in [0.2, 0.25) is 6.29 Å². The molecule has 10 nitrogen and oxygen atoms in total. The molecule has 2 aliphatic heterocycles. The number of nitro groups is 1. The molecule has 5 rings (SSSR count). The maximum absolute atomic E-state index is 12.8. The highest BCUT2D eigenvalue weighted by Crippen LogP contribution is 2.36. The molecule has 0 spiro atoms. The maximum Gasteiger partial charge on any atom is 0.338 e. The van der Waals surface area contributed by atoms with Crippen molar-refractivity contribution >= 4 is 11.7 Å². The zero-order valence-corrected chi connectivity index (χ0v) is 18.9. The molecule has 0 amide bonds. The molecular weight excluding hydrogens is 470 g/mol. The van der Waals surface area contributed by atoms with Crippen LogP contribution in [-0.2, 0) is 18.9 Å². The average molecular weight is 493 g/mol. The molecule has 2 aliphatic rings. The van der Waals surface area contributed by atoms with E-state index in [2.05, 4.69) is 0 Å². The number of fused-ring (bicyclic) bond motifs is 1. The van der Waals surface area contributed by atoms with Gasteiger partial charge in [0.15, 0.2) is 12.4 Å². The Hall–Kier alpha value is -3.83. The summed E-state index contributed by atoms with van der Waals surface area (Å²) < 4.78 is 29.4. The Labute approximate surface area is 206 Å². The first-order chi connectivity index (χ1) is 17.5. The van der Waals surface area contributed by atoms with Crippen molar-refractivity contribution in [3.63, 3.8) is 0 Å². The Morgan fingerprint density at radius 3 is 2.28 bits per heavy atom. The van der Waals surface area contributed by atoms with Gasteiger partial charge in [-0.15, -0.1) is 0 Å². The van der Waals surface area contributed by atoms with Gasteiger partial charge in [-0.25, -0.2) is 4.79 Å². The monoisotopic (exact) mass is 493 g/mol. The fraction of sp³-hybridized carbons (Fsp3) is 0.269. The van der Waals surface area contributed by atoms with Crippen molar-refractivity contribution in [3.05, 3.63) is 106 Å². The van der Waals surface area contributed by atoms with Crippen LogP contribution in [-0.4, -0.2) is 53.3 Å². The number of rotatable bonds is 6. The highest BCUT2D eigenvalue weighted by molar-refractivity contribution is 5.89. The molecule has 0 aromatic heterocycles. The van der Waals surface area contributed by atoms with Crippen molar-refractivity contribution in [1.29, 1.82) is 0 Å². The van der Waals surface area contributed by atoms with E-state index in [1.165, 1.54) is 24.3 Å². The minimum absolute atomic E-state index is 0.0980. The number of carbonyl (C=O) groups excluding carboxylic acids is 1. The van der Waals surface area contributed by atoms with Gasteiger partial charge in [0.05, 0.1) is 17.1 Å². The average Bonchev–Trinajstić information content (AvgIpc) is 2.92. The summed E-state index contributed by atoms with van der Waals surface area (Å²) in [6.45, 7) is 0.0980. The van der Waals surface area contributed by atoms with Crippen molar-refractivity contribution < 1.29 is 38.5 Å². The van der Waals surface area contributed by atoms with E-state index in [-0.39, 0.29) is 23.6 Å². The number of ether oxygens (including phenoxy) is 5. The molecule has 6 atom stereocenters. The zero-order chi connectivity index (χ0) is 25.1. The molecule has 0 aliphatic carbocycles. The lowest BCUT2D eigenvalue weighted by Crippen LogP contribution is -2.64. The van der Waals surface area contributed by atoms with Gasteiger partial charge in [0.25, 0.3) is 5.69 Å². The van der Waals surface area contributed by atoms with Crippen molar-refractivity contribution in [2.24, 2.45) is 0 Å². The van der Waals surface area contributed by atoms with Gasteiger partial charge < -0.3 is 28.8 Å². The molecule has 2 heterocycles. The lowest BCUT2D eigenvalue weighted by molar-refractivity contribution is -0.384. The van der Waals surface area contributed by atoms with Crippen LogP contribution in [0.3, 0.4) is 0 Å². The number of nitrogens with zero attached hydrogens (tertiary/aromatic N) is 1. The number of hydrogen-bond acceptors (Lipinski definition) is 9. The Balaban J connectivity index is 1.38. The van der Waals surface area contributed by atoms with Crippen molar-refractivity contribution in [1.82, 2.24) is 0 Å². The van der Waals surface area contributed by atoms with Crippen LogP contribution in [0.1, 0.15) is 22.2 Å². The van der Waals surface area contributed by atoms with E-state index in [1.54, 1.807) is 30.3 Å². The zero-order valence-electron chi connectivity index (χ0n) is 18.9. The number of hydrogen-bond donors (Lipinski definition) is 1. The molecule has 2 saturated heterocycles. The SMILES string of the molecule is O=C(O[C@@H]1[C@@H](Oc2ccc([N+](=O)[O-])cc2)O[C@@H]2CO[C@H](c3ccccc3)O[C@H]2[C@@H]1O)c1ccccc1. The van der Waals surface area contributed by atoms with Crippen molar-refractivity contribution in [2.75, 3.05) is 6.61 Å². The van der Waals surface area contributed by atoms with Gasteiger partial charge in [-0.05, 0) is 24.3 Å². The second kappa shape index (κ2) is 10.4. The van der Waals surface area contributed by atoms with Crippen LogP contribution in [0.4, 0.5) is 5.69 Å². The quantitative estimate of drug-likeness (QED) is 0.312. The lowest BCUT2D eigenvalue weighted by Gasteiger charge is -2.47. The van der Waals surface area contributed by atoms with E-state index in [9.17, 15) is 20.0 Å². The third-order valence-electron chi connectivity index (χ3n) is 5.93. The van der Waals surface area contributed by atoms with Gasteiger partial charge in [-0.2, -0.15) is 0 Å². The number of esters is 1. The fourth-order valence-electron chi connectivity index (χ4n) is 4.11. The van der Waals surface area contributed by atoms with Crippen LogP contribution in [0, 0.1) is 10.1 Å². The summed E-state index contributed by atoms with van der Waals surface area (Å²) in [6.07, 6.45) is -6.11. The van der Waals surface area contributed by atoms with E-state index in [4.69, 9.17) is 23.7 Å². The molecule has 0 bridgehead atoms. The minimum Gasteiger partial charge on any atom is -0.461 e. The van der Waals surface area contributed by atoms with Gasteiger partial charge >= 0.3 is 5.97 Å². The largest absolute Gasteiger partial charge is 0.461 e. The van der Waals surface area contributed by atoms with E-state index in [1.807, 2.05) is 30.3 Å². The van der Waals surface area contributed by atoms with Gasteiger partial charge in [0, 0.05) is 17.7 Å². The molecule has 36 heavy (non-hydrogen) atoms. The second-order valence-corrected chi connectivity index (χ2v) is 8.31. The van der Waals surface area contributed by atoms with Crippen LogP contribution >= 0.6 is 0 Å². The molecule has 1 N–H and O–H groups in total. The smallest absolute Gasteiger partial charge is 0.338 e. The first-order valence-electron chi connectivity index (χ1n) is 11.3. The number of nitro benzene ring substituents is 1. The molecule has 0 unspecified atom stereocenters. The molecule has 10 heteroatoms.